The maximum absolute atomic E-state index is 12.3. The second kappa shape index (κ2) is 7.84. The molecule has 0 fully saturated rings. The largest absolute Gasteiger partial charge is 0.497 e. The summed E-state index contributed by atoms with van der Waals surface area (Å²) in [6, 6.07) is 5.86. The van der Waals surface area contributed by atoms with Crippen LogP contribution in [-0.4, -0.2) is 42.4 Å². The van der Waals surface area contributed by atoms with E-state index in [2.05, 4.69) is 20.5 Å². The third-order valence-corrected chi connectivity index (χ3v) is 6.03. The Balaban J connectivity index is 1.58. The number of amides is 1. The van der Waals surface area contributed by atoms with Crippen LogP contribution >= 0.6 is 11.3 Å². The summed E-state index contributed by atoms with van der Waals surface area (Å²) in [6.45, 7) is 1.84. The number of nitrogens with zero attached hydrogens (tertiary/aromatic N) is 3. The SMILES string of the molecule is COc1ccc(S(=O)(=O)CCC(=O)Nc2nnc(-c3csc(C)n3)o2)cc1. The van der Waals surface area contributed by atoms with E-state index in [0.29, 0.717) is 11.4 Å². The fourth-order valence-corrected chi connectivity index (χ4v) is 3.98. The lowest BCUT2D eigenvalue weighted by molar-refractivity contribution is -0.115. The van der Waals surface area contributed by atoms with Gasteiger partial charge in [0.05, 0.1) is 22.8 Å². The van der Waals surface area contributed by atoms with Crippen LogP contribution in [0.3, 0.4) is 0 Å². The summed E-state index contributed by atoms with van der Waals surface area (Å²) in [7, 11) is -2.11. The lowest BCUT2D eigenvalue weighted by atomic mass is 10.3. The van der Waals surface area contributed by atoms with Crippen molar-refractivity contribution in [3.63, 3.8) is 0 Å². The van der Waals surface area contributed by atoms with E-state index in [1.807, 2.05) is 6.92 Å². The Labute approximate surface area is 159 Å². The smallest absolute Gasteiger partial charge is 0.322 e. The molecule has 0 aliphatic rings. The molecule has 0 radical (unpaired) electrons. The van der Waals surface area contributed by atoms with E-state index >= 15 is 0 Å². The van der Waals surface area contributed by atoms with Gasteiger partial charge in [0, 0.05) is 11.8 Å². The number of carbonyl (C=O) groups is 1. The minimum absolute atomic E-state index is 0.109. The fraction of sp³-hybridized carbons (Fsp3) is 0.250. The highest BCUT2D eigenvalue weighted by molar-refractivity contribution is 7.91. The molecular formula is C16H16N4O5S2. The number of nitrogens with one attached hydrogen (secondary N) is 1. The molecule has 1 aromatic carbocycles. The van der Waals surface area contributed by atoms with E-state index in [0.717, 1.165) is 5.01 Å². The van der Waals surface area contributed by atoms with Crippen LogP contribution in [0.4, 0.5) is 6.01 Å². The van der Waals surface area contributed by atoms with Crippen molar-refractivity contribution in [2.75, 3.05) is 18.2 Å². The van der Waals surface area contributed by atoms with Gasteiger partial charge in [-0.3, -0.25) is 10.1 Å². The predicted octanol–water partition coefficient (Wildman–Crippen LogP) is 2.31. The van der Waals surface area contributed by atoms with Crippen molar-refractivity contribution >= 4 is 33.1 Å². The van der Waals surface area contributed by atoms with Gasteiger partial charge in [0.25, 0.3) is 5.89 Å². The summed E-state index contributed by atoms with van der Waals surface area (Å²) in [5.74, 6) is -0.163. The predicted molar refractivity (Wildman–Crippen MR) is 98.4 cm³/mol. The molecule has 0 unspecified atom stereocenters. The first-order valence-electron chi connectivity index (χ1n) is 7.80. The van der Waals surface area contributed by atoms with Gasteiger partial charge in [-0.15, -0.1) is 16.4 Å². The van der Waals surface area contributed by atoms with Gasteiger partial charge in [-0.05, 0) is 31.2 Å². The molecule has 2 aromatic heterocycles. The molecule has 27 heavy (non-hydrogen) atoms. The first kappa shape index (κ1) is 19.0. The van der Waals surface area contributed by atoms with E-state index < -0.39 is 15.7 Å². The lowest BCUT2D eigenvalue weighted by Crippen LogP contribution is -2.17. The minimum Gasteiger partial charge on any atom is -0.497 e. The third kappa shape index (κ3) is 4.68. The van der Waals surface area contributed by atoms with E-state index in [1.54, 1.807) is 17.5 Å². The molecule has 0 saturated heterocycles. The molecule has 2 heterocycles. The molecule has 142 valence electrons. The van der Waals surface area contributed by atoms with Crippen LogP contribution < -0.4 is 10.1 Å². The molecule has 0 spiro atoms. The van der Waals surface area contributed by atoms with Crippen molar-refractivity contribution in [3.05, 3.63) is 34.7 Å². The van der Waals surface area contributed by atoms with Gasteiger partial charge in [0.15, 0.2) is 9.84 Å². The first-order chi connectivity index (χ1) is 12.9. The molecule has 0 atom stereocenters. The van der Waals surface area contributed by atoms with Crippen molar-refractivity contribution in [2.24, 2.45) is 0 Å². The van der Waals surface area contributed by atoms with Crippen LogP contribution in [-0.2, 0) is 14.6 Å². The molecule has 0 aliphatic heterocycles. The third-order valence-electron chi connectivity index (χ3n) is 3.53. The Hall–Kier alpha value is -2.79. The Morgan fingerprint density at radius 1 is 1.26 bits per heavy atom. The van der Waals surface area contributed by atoms with Crippen molar-refractivity contribution in [3.8, 4) is 17.3 Å². The average Bonchev–Trinajstić information content (AvgIpc) is 3.29. The Morgan fingerprint density at radius 2 is 2.00 bits per heavy atom. The van der Waals surface area contributed by atoms with Gasteiger partial charge < -0.3 is 9.15 Å². The topological polar surface area (TPSA) is 124 Å². The molecule has 3 rings (SSSR count). The highest BCUT2D eigenvalue weighted by Gasteiger charge is 2.18. The zero-order valence-electron chi connectivity index (χ0n) is 14.5. The van der Waals surface area contributed by atoms with Crippen LogP contribution in [0.2, 0.25) is 0 Å². The summed E-state index contributed by atoms with van der Waals surface area (Å²) < 4.78 is 34.9. The number of hydrogen-bond acceptors (Lipinski definition) is 9. The van der Waals surface area contributed by atoms with Crippen LogP contribution in [0.15, 0.2) is 39.0 Å². The second-order valence-corrected chi connectivity index (χ2v) is 8.63. The molecule has 9 nitrogen and oxygen atoms in total. The maximum atomic E-state index is 12.3. The fourth-order valence-electron chi connectivity index (χ4n) is 2.15. The minimum atomic E-state index is -3.60. The van der Waals surface area contributed by atoms with E-state index in [9.17, 15) is 13.2 Å². The Kier molecular flexibility index (Phi) is 5.51. The van der Waals surface area contributed by atoms with Gasteiger partial charge in [-0.25, -0.2) is 13.4 Å². The number of aryl methyl sites for hydroxylation is 1. The van der Waals surface area contributed by atoms with Gasteiger partial charge >= 0.3 is 6.01 Å². The zero-order valence-corrected chi connectivity index (χ0v) is 16.1. The molecular weight excluding hydrogens is 392 g/mol. The first-order valence-corrected chi connectivity index (χ1v) is 10.3. The standard InChI is InChI=1S/C16H16N4O5S2/c1-10-17-13(9-26-10)15-19-20-16(25-15)18-14(21)7-8-27(22,23)12-5-3-11(24-2)4-6-12/h3-6,9H,7-8H2,1-2H3,(H,18,20,21). The van der Waals surface area contributed by atoms with Crippen molar-refractivity contribution in [2.45, 2.75) is 18.2 Å². The van der Waals surface area contributed by atoms with Gasteiger partial charge in [-0.1, -0.05) is 5.10 Å². The van der Waals surface area contributed by atoms with Crippen molar-refractivity contribution in [1.82, 2.24) is 15.2 Å². The highest BCUT2D eigenvalue weighted by atomic mass is 32.2. The number of sulfone groups is 1. The monoisotopic (exact) mass is 408 g/mol. The maximum Gasteiger partial charge on any atom is 0.322 e. The number of benzene rings is 1. The summed E-state index contributed by atoms with van der Waals surface area (Å²) in [5.41, 5.74) is 0.521. The van der Waals surface area contributed by atoms with Gasteiger partial charge in [0.1, 0.15) is 11.4 Å². The molecule has 1 N–H and O–H groups in total. The highest BCUT2D eigenvalue weighted by Crippen LogP contribution is 2.22. The molecule has 0 aliphatic carbocycles. The van der Waals surface area contributed by atoms with Crippen LogP contribution in [0.25, 0.3) is 11.6 Å². The van der Waals surface area contributed by atoms with Gasteiger partial charge in [-0.2, -0.15) is 0 Å². The quantitative estimate of drug-likeness (QED) is 0.631. The summed E-state index contributed by atoms with van der Waals surface area (Å²) >= 11 is 1.43. The Morgan fingerprint density at radius 3 is 2.63 bits per heavy atom. The van der Waals surface area contributed by atoms with E-state index in [-0.39, 0.29) is 29.0 Å². The molecule has 1 amide bonds. The zero-order chi connectivity index (χ0) is 19.4. The number of hydrogen-bond donors (Lipinski definition) is 1. The Bertz CT molecular complexity index is 1040. The van der Waals surface area contributed by atoms with Crippen LogP contribution in [0.5, 0.6) is 5.75 Å². The molecule has 0 bridgehead atoms. The lowest BCUT2D eigenvalue weighted by Gasteiger charge is -2.05. The number of rotatable bonds is 7. The van der Waals surface area contributed by atoms with E-state index in [4.69, 9.17) is 9.15 Å². The number of anilines is 1. The second-order valence-electron chi connectivity index (χ2n) is 5.46. The number of carbonyl (C=O) groups excluding carboxylic acids is 1. The number of thiazole rings is 1. The van der Waals surface area contributed by atoms with Crippen LogP contribution in [0.1, 0.15) is 11.4 Å². The van der Waals surface area contributed by atoms with Crippen LogP contribution in [0, 0.1) is 6.92 Å². The van der Waals surface area contributed by atoms with Crippen molar-refractivity contribution < 1.29 is 22.4 Å². The normalized spacial score (nSPS) is 11.3. The molecule has 0 saturated carbocycles. The number of methoxy groups -OCH3 is 1. The average molecular weight is 408 g/mol. The van der Waals surface area contributed by atoms with Gasteiger partial charge in [0.2, 0.25) is 5.91 Å². The summed E-state index contributed by atoms with van der Waals surface area (Å²) in [5, 5.41) is 12.5. The summed E-state index contributed by atoms with van der Waals surface area (Å²) in [4.78, 5) is 16.3. The summed E-state index contributed by atoms with van der Waals surface area (Å²) in [6.07, 6.45) is -0.248. The van der Waals surface area contributed by atoms with E-state index in [1.165, 1.54) is 30.6 Å². The molecule has 11 heteroatoms. The molecule has 3 aromatic rings. The van der Waals surface area contributed by atoms with Crippen molar-refractivity contribution in [1.29, 1.82) is 0 Å². The number of ether oxygens (including phenoxy) is 1. The number of aromatic nitrogens is 3.